The van der Waals surface area contributed by atoms with Gasteiger partial charge in [-0.05, 0) is 54.3 Å². The topological polar surface area (TPSA) is 110 Å². The number of aliphatic hydroxyl groups is 1. The summed E-state index contributed by atoms with van der Waals surface area (Å²) in [6.07, 6.45) is 2.88. The summed E-state index contributed by atoms with van der Waals surface area (Å²) in [6, 6.07) is 6.11. The summed E-state index contributed by atoms with van der Waals surface area (Å²) < 4.78 is 7.54. The van der Waals surface area contributed by atoms with Crippen LogP contribution in [0, 0.1) is 13.8 Å². The van der Waals surface area contributed by atoms with Crippen LogP contribution < -0.4 is 10.5 Å². The van der Waals surface area contributed by atoms with Gasteiger partial charge in [0.1, 0.15) is 13.1 Å². The first-order valence-electron chi connectivity index (χ1n) is 11.0. The van der Waals surface area contributed by atoms with E-state index in [4.69, 9.17) is 4.74 Å². The Kier molecular flexibility index (Phi) is 6.74. The van der Waals surface area contributed by atoms with Gasteiger partial charge in [0.25, 0.3) is 5.56 Å². The van der Waals surface area contributed by atoms with Crippen LogP contribution in [0.2, 0.25) is 0 Å². The molecule has 1 aliphatic rings. The highest BCUT2D eigenvalue weighted by molar-refractivity contribution is 5.85. The summed E-state index contributed by atoms with van der Waals surface area (Å²) in [7, 11) is 0. The lowest BCUT2D eigenvalue weighted by Gasteiger charge is -2.19. The van der Waals surface area contributed by atoms with Crippen molar-refractivity contribution in [3.8, 4) is 0 Å². The van der Waals surface area contributed by atoms with Crippen LogP contribution in [0.1, 0.15) is 41.8 Å². The second kappa shape index (κ2) is 9.67. The monoisotopic (exact) mass is 427 g/mol. The molecular formula is C22H31N6O3+. The minimum atomic E-state index is -0.0679. The fourth-order valence-electron chi connectivity index (χ4n) is 4.28. The fourth-order valence-corrected chi connectivity index (χ4v) is 4.28. The standard InChI is InChI=1S/C22H30N6O3/c1-15-6-7-16(2)21-19(15)11-17(22(30)23-21)12-27(8-4-9-29)14-20-24-25-26-28(20)13-18-5-3-10-31-18/h6-7,11,18,29H,3-5,8-10,12-14H2,1-2H3,(H,23,30)/p+1/t18-/m1/s1. The molecule has 166 valence electrons. The number of aromatic amines is 1. The van der Waals surface area contributed by atoms with Gasteiger partial charge in [0.2, 0.25) is 5.82 Å². The van der Waals surface area contributed by atoms with Crippen LogP contribution in [-0.4, -0.2) is 56.2 Å². The van der Waals surface area contributed by atoms with Gasteiger partial charge in [0, 0.05) is 25.0 Å². The molecule has 1 aliphatic heterocycles. The lowest BCUT2D eigenvalue weighted by atomic mass is 10.0. The number of pyridine rings is 1. The number of quaternary nitrogens is 1. The first kappa shape index (κ1) is 21.6. The molecule has 0 spiro atoms. The number of aromatic nitrogens is 5. The van der Waals surface area contributed by atoms with Gasteiger partial charge in [0.05, 0.1) is 30.3 Å². The summed E-state index contributed by atoms with van der Waals surface area (Å²) in [5.41, 5.74) is 3.75. The Morgan fingerprint density at radius 3 is 2.90 bits per heavy atom. The van der Waals surface area contributed by atoms with E-state index in [-0.39, 0.29) is 18.3 Å². The Labute approximate surface area is 181 Å². The minimum absolute atomic E-state index is 0.0679. The number of nitrogens with one attached hydrogen (secondary N) is 2. The van der Waals surface area contributed by atoms with Crippen LogP contribution in [-0.2, 0) is 24.4 Å². The summed E-state index contributed by atoms with van der Waals surface area (Å²) in [4.78, 5) is 17.0. The number of fused-ring (bicyclic) bond motifs is 1. The molecule has 4 rings (SSSR count). The molecule has 0 radical (unpaired) electrons. The zero-order chi connectivity index (χ0) is 21.8. The highest BCUT2D eigenvalue weighted by Gasteiger charge is 2.22. The lowest BCUT2D eigenvalue weighted by Crippen LogP contribution is -3.09. The molecule has 1 aromatic carbocycles. The van der Waals surface area contributed by atoms with Gasteiger partial charge in [-0.1, -0.05) is 12.1 Å². The maximum absolute atomic E-state index is 12.8. The van der Waals surface area contributed by atoms with Crippen molar-refractivity contribution in [2.24, 2.45) is 0 Å². The molecule has 3 heterocycles. The molecule has 9 nitrogen and oxygen atoms in total. The normalized spacial score (nSPS) is 17.5. The van der Waals surface area contributed by atoms with E-state index in [1.165, 1.54) is 0 Å². The fraction of sp³-hybridized carbons (Fsp3) is 0.545. The summed E-state index contributed by atoms with van der Waals surface area (Å²) in [5, 5.41) is 22.7. The Hall–Kier alpha value is -2.62. The van der Waals surface area contributed by atoms with Gasteiger partial charge < -0.3 is 19.7 Å². The first-order chi connectivity index (χ1) is 15.0. The third-order valence-electron chi connectivity index (χ3n) is 6.06. The van der Waals surface area contributed by atoms with E-state index < -0.39 is 0 Å². The number of H-pyrrole nitrogens is 1. The van der Waals surface area contributed by atoms with E-state index in [0.717, 1.165) is 57.8 Å². The first-order valence-corrected chi connectivity index (χ1v) is 11.0. The number of hydrogen-bond donors (Lipinski definition) is 3. The largest absolute Gasteiger partial charge is 0.396 e. The van der Waals surface area contributed by atoms with Gasteiger partial charge in [0.15, 0.2) is 0 Å². The maximum atomic E-state index is 12.8. The number of aliphatic hydroxyl groups excluding tert-OH is 1. The van der Waals surface area contributed by atoms with Crippen molar-refractivity contribution >= 4 is 10.9 Å². The van der Waals surface area contributed by atoms with E-state index in [2.05, 4.69) is 33.5 Å². The molecule has 0 aliphatic carbocycles. The summed E-state index contributed by atoms with van der Waals surface area (Å²) >= 11 is 0. The van der Waals surface area contributed by atoms with E-state index in [1.807, 2.05) is 23.7 Å². The van der Waals surface area contributed by atoms with Crippen LogP contribution in [0.3, 0.4) is 0 Å². The maximum Gasteiger partial charge on any atom is 0.257 e. The minimum Gasteiger partial charge on any atom is -0.396 e. The second-order valence-corrected chi connectivity index (χ2v) is 8.45. The molecule has 1 fully saturated rings. The van der Waals surface area contributed by atoms with Crippen molar-refractivity contribution in [2.45, 2.75) is 58.8 Å². The zero-order valence-corrected chi connectivity index (χ0v) is 18.2. The average molecular weight is 428 g/mol. The molecule has 0 amide bonds. The van der Waals surface area contributed by atoms with E-state index in [1.54, 1.807) is 0 Å². The predicted molar refractivity (Wildman–Crippen MR) is 116 cm³/mol. The third-order valence-corrected chi connectivity index (χ3v) is 6.06. The highest BCUT2D eigenvalue weighted by atomic mass is 16.5. The van der Waals surface area contributed by atoms with Gasteiger partial charge in [-0.3, -0.25) is 4.79 Å². The number of hydrogen-bond acceptors (Lipinski definition) is 6. The van der Waals surface area contributed by atoms with Crippen molar-refractivity contribution in [1.82, 2.24) is 25.2 Å². The van der Waals surface area contributed by atoms with E-state index in [0.29, 0.717) is 32.6 Å². The summed E-state index contributed by atoms with van der Waals surface area (Å²) in [5.74, 6) is 0.771. The number of nitrogens with zero attached hydrogens (tertiary/aromatic N) is 4. The van der Waals surface area contributed by atoms with Gasteiger partial charge in [-0.25, -0.2) is 4.68 Å². The molecule has 2 atom stereocenters. The van der Waals surface area contributed by atoms with Crippen LogP contribution in [0.15, 0.2) is 23.0 Å². The molecule has 2 aromatic heterocycles. The van der Waals surface area contributed by atoms with Crippen LogP contribution in [0.5, 0.6) is 0 Å². The predicted octanol–water partition coefficient (Wildman–Crippen LogP) is 0.278. The van der Waals surface area contributed by atoms with Crippen molar-refractivity contribution in [3.63, 3.8) is 0 Å². The Bertz CT molecular complexity index is 1090. The summed E-state index contributed by atoms with van der Waals surface area (Å²) in [6.45, 7) is 7.42. The number of ether oxygens (including phenoxy) is 1. The number of tetrazole rings is 1. The zero-order valence-electron chi connectivity index (χ0n) is 18.2. The van der Waals surface area contributed by atoms with Gasteiger partial charge in [-0.2, -0.15) is 0 Å². The van der Waals surface area contributed by atoms with Gasteiger partial charge >= 0.3 is 0 Å². The van der Waals surface area contributed by atoms with Crippen LogP contribution in [0.25, 0.3) is 10.9 Å². The molecule has 1 saturated heterocycles. The molecule has 0 bridgehead atoms. The van der Waals surface area contributed by atoms with E-state index in [9.17, 15) is 9.90 Å². The Balaban J connectivity index is 1.57. The Morgan fingerprint density at radius 1 is 1.29 bits per heavy atom. The van der Waals surface area contributed by atoms with Crippen LogP contribution in [0.4, 0.5) is 0 Å². The smallest absolute Gasteiger partial charge is 0.257 e. The van der Waals surface area contributed by atoms with E-state index >= 15 is 0 Å². The SMILES string of the molecule is Cc1ccc(C)c2[nH]c(=O)c(C[NH+](CCCO)Cc3nnnn3C[C@H]3CCCO3)cc12. The third kappa shape index (κ3) is 5.00. The van der Waals surface area contributed by atoms with Crippen molar-refractivity contribution < 1.29 is 14.7 Å². The quantitative estimate of drug-likeness (QED) is 0.452. The molecule has 3 N–H and O–H groups in total. The Morgan fingerprint density at radius 2 is 2.13 bits per heavy atom. The molecule has 1 unspecified atom stereocenters. The average Bonchev–Trinajstić information content (AvgIpc) is 3.43. The molecular weight excluding hydrogens is 396 g/mol. The van der Waals surface area contributed by atoms with Crippen molar-refractivity contribution in [2.75, 3.05) is 19.8 Å². The van der Waals surface area contributed by atoms with Crippen molar-refractivity contribution in [1.29, 1.82) is 0 Å². The number of aryl methyl sites for hydroxylation is 2. The molecule has 3 aromatic rings. The molecule has 0 saturated carbocycles. The lowest BCUT2D eigenvalue weighted by molar-refractivity contribution is -0.928. The molecule has 31 heavy (non-hydrogen) atoms. The van der Waals surface area contributed by atoms with Crippen LogP contribution >= 0.6 is 0 Å². The van der Waals surface area contributed by atoms with Gasteiger partial charge in [-0.15, -0.1) is 5.10 Å². The number of rotatable bonds is 9. The number of benzene rings is 1. The molecule has 9 heteroatoms. The van der Waals surface area contributed by atoms with Crippen molar-refractivity contribution in [3.05, 3.63) is 51.1 Å². The highest BCUT2D eigenvalue weighted by Crippen LogP contribution is 2.19. The second-order valence-electron chi connectivity index (χ2n) is 8.45.